The average Bonchev–Trinajstić information content (AvgIpc) is 3.02. The van der Waals surface area contributed by atoms with Crippen LogP contribution in [-0.2, 0) is 6.42 Å². The number of amides is 2. The van der Waals surface area contributed by atoms with E-state index in [9.17, 15) is 9.59 Å². The third-order valence-electron chi connectivity index (χ3n) is 4.23. The van der Waals surface area contributed by atoms with Crippen LogP contribution in [0.15, 0.2) is 33.8 Å². The second-order valence-electron chi connectivity index (χ2n) is 6.16. The van der Waals surface area contributed by atoms with Crippen molar-refractivity contribution in [3.05, 3.63) is 57.5 Å². The summed E-state index contributed by atoms with van der Waals surface area (Å²) in [4.78, 5) is 24.6. The number of aryl methyl sites for hydroxylation is 1. The molecule has 0 saturated carbocycles. The number of hydrazine groups is 1. The molecule has 0 spiro atoms. The van der Waals surface area contributed by atoms with E-state index in [2.05, 4.69) is 21.4 Å². The normalized spacial score (nSPS) is 14.3. The number of furan rings is 1. The third-order valence-corrected chi connectivity index (χ3v) is 4.57. The van der Waals surface area contributed by atoms with Crippen LogP contribution in [0.3, 0.4) is 0 Å². The summed E-state index contributed by atoms with van der Waals surface area (Å²) in [7, 11) is 0. The maximum absolute atomic E-state index is 12.5. The van der Waals surface area contributed by atoms with E-state index < -0.39 is 11.8 Å². The van der Waals surface area contributed by atoms with Crippen molar-refractivity contribution in [2.45, 2.75) is 26.2 Å². The lowest BCUT2D eigenvalue weighted by atomic mass is 9.93. The maximum atomic E-state index is 12.5. The molecule has 2 aromatic rings. The largest absolute Gasteiger partial charge is 0.455 e. The Hall–Kier alpha value is -2.91. The fraction of sp³-hybridized carbons (Fsp3) is 0.222. The van der Waals surface area contributed by atoms with Gasteiger partial charge in [0.2, 0.25) is 0 Å². The number of halogens is 1. The summed E-state index contributed by atoms with van der Waals surface area (Å²) in [5.41, 5.74) is 15.2. The second-order valence-corrected chi connectivity index (χ2v) is 7.03. The standard InChI is InChI=1S/C18H18ClN5O3S/c1-9-14-12(21-24-18(20)28)3-2-4-13(14)27-15(9)17(26)23-22-16(25)10-5-7-11(19)8-6-10/h5-8H,2-4H2,1H3,(H,22,25)(H,23,26)(H3,20,24,28)/b21-12+. The van der Waals surface area contributed by atoms with Crippen LogP contribution in [0.5, 0.6) is 0 Å². The van der Waals surface area contributed by atoms with E-state index in [1.165, 1.54) is 0 Å². The fourth-order valence-electron chi connectivity index (χ4n) is 2.96. The molecular weight excluding hydrogens is 402 g/mol. The summed E-state index contributed by atoms with van der Waals surface area (Å²) in [6.07, 6.45) is 2.22. The van der Waals surface area contributed by atoms with Crippen molar-refractivity contribution in [2.24, 2.45) is 10.8 Å². The number of fused-ring (bicyclic) bond motifs is 1. The van der Waals surface area contributed by atoms with Crippen molar-refractivity contribution < 1.29 is 14.0 Å². The molecule has 0 aliphatic heterocycles. The van der Waals surface area contributed by atoms with Crippen LogP contribution in [0, 0.1) is 6.92 Å². The first kappa shape index (κ1) is 19.8. The van der Waals surface area contributed by atoms with Gasteiger partial charge in [0, 0.05) is 28.1 Å². The third kappa shape index (κ3) is 4.32. The summed E-state index contributed by atoms with van der Waals surface area (Å²) in [6, 6.07) is 6.28. The number of nitrogens with two attached hydrogens (primary N) is 1. The summed E-state index contributed by atoms with van der Waals surface area (Å²) < 4.78 is 5.74. The lowest BCUT2D eigenvalue weighted by Crippen LogP contribution is -2.41. The number of thiocarbonyl (C=S) groups is 1. The van der Waals surface area contributed by atoms with Gasteiger partial charge in [0.1, 0.15) is 5.76 Å². The molecule has 1 aromatic carbocycles. The van der Waals surface area contributed by atoms with Crippen LogP contribution in [0.4, 0.5) is 0 Å². The zero-order valence-electron chi connectivity index (χ0n) is 15.0. The number of hydrogen-bond acceptors (Lipinski definition) is 5. The van der Waals surface area contributed by atoms with E-state index in [-0.39, 0.29) is 10.9 Å². The molecule has 1 aliphatic carbocycles. The van der Waals surface area contributed by atoms with Crippen molar-refractivity contribution in [3.8, 4) is 0 Å². The Morgan fingerprint density at radius 3 is 2.54 bits per heavy atom. The number of nitrogens with one attached hydrogen (secondary N) is 3. The number of hydrazone groups is 1. The van der Waals surface area contributed by atoms with Crippen LogP contribution >= 0.6 is 23.8 Å². The van der Waals surface area contributed by atoms with Crippen molar-refractivity contribution >= 4 is 46.5 Å². The van der Waals surface area contributed by atoms with Gasteiger partial charge in [-0.25, -0.2) is 0 Å². The van der Waals surface area contributed by atoms with Gasteiger partial charge in [0.05, 0.1) is 5.71 Å². The number of carbonyl (C=O) groups is 2. The van der Waals surface area contributed by atoms with Crippen molar-refractivity contribution in [1.82, 2.24) is 16.3 Å². The van der Waals surface area contributed by atoms with Gasteiger partial charge in [0.15, 0.2) is 10.9 Å². The molecule has 2 amide bonds. The quantitative estimate of drug-likeness (QED) is 0.447. The smallest absolute Gasteiger partial charge is 0.305 e. The minimum atomic E-state index is -0.559. The summed E-state index contributed by atoms with van der Waals surface area (Å²) in [6.45, 7) is 1.76. The molecule has 0 radical (unpaired) electrons. The highest BCUT2D eigenvalue weighted by atomic mass is 35.5. The SMILES string of the molecule is Cc1c(C(=O)NNC(=O)c2ccc(Cl)cc2)oc2c1/C(=N/NC(N)=S)CCC2. The minimum Gasteiger partial charge on any atom is -0.455 e. The zero-order valence-corrected chi connectivity index (χ0v) is 16.5. The lowest BCUT2D eigenvalue weighted by molar-refractivity contribution is 0.0829. The van der Waals surface area contributed by atoms with Crippen LogP contribution < -0.4 is 22.0 Å². The molecule has 0 atom stereocenters. The van der Waals surface area contributed by atoms with Gasteiger partial charge >= 0.3 is 5.91 Å². The number of hydrogen-bond donors (Lipinski definition) is 4. The Morgan fingerprint density at radius 1 is 1.18 bits per heavy atom. The van der Waals surface area contributed by atoms with Gasteiger partial charge in [-0.1, -0.05) is 11.6 Å². The fourth-order valence-corrected chi connectivity index (χ4v) is 3.13. The van der Waals surface area contributed by atoms with Crippen molar-refractivity contribution in [2.75, 3.05) is 0 Å². The van der Waals surface area contributed by atoms with Crippen LogP contribution in [0.1, 0.15) is 50.6 Å². The second kappa shape index (κ2) is 8.41. The minimum absolute atomic E-state index is 0.0589. The number of nitrogens with zero attached hydrogens (tertiary/aromatic N) is 1. The van der Waals surface area contributed by atoms with Gasteiger partial charge < -0.3 is 10.2 Å². The zero-order chi connectivity index (χ0) is 20.3. The summed E-state index contributed by atoms with van der Waals surface area (Å²) >= 11 is 10.6. The molecule has 5 N–H and O–H groups in total. The van der Waals surface area contributed by atoms with E-state index in [0.717, 1.165) is 17.7 Å². The van der Waals surface area contributed by atoms with Gasteiger partial charge in [-0.3, -0.25) is 25.9 Å². The highest BCUT2D eigenvalue weighted by molar-refractivity contribution is 7.80. The summed E-state index contributed by atoms with van der Waals surface area (Å²) in [5, 5.41) is 4.78. The maximum Gasteiger partial charge on any atom is 0.305 e. The Bertz CT molecular complexity index is 968. The summed E-state index contributed by atoms with van der Waals surface area (Å²) in [5.74, 6) is -0.245. The molecule has 1 aromatic heterocycles. The predicted molar refractivity (Wildman–Crippen MR) is 109 cm³/mol. The van der Waals surface area contributed by atoms with Crippen molar-refractivity contribution in [3.63, 3.8) is 0 Å². The van der Waals surface area contributed by atoms with Crippen LogP contribution in [0.25, 0.3) is 0 Å². The molecule has 146 valence electrons. The van der Waals surface area contributed by atoms with E-state index in [1.54, 1.807) is 31.2 Å². The molecule has 0 unspecified atom stereocenters. The van der Waals surface area contributed by atoms with Crippen LogP contribution in [0.2, 0.25) is 5.02 Å². The molecule has 1 heterocycles. The monoisotopic (exact) mass is 419 g/mol. The molecule has 0 fully saturated rings. The molecule has 3 rings (SSSR count). The lowest BCUT2D eigenvalue weighted by Gasteiger charge is -2.13. The van der Waals surface area contributed by atoms with Gasteiger partial charge in [-0.05, 0) is 56.2 Å². The number of benzene rings is 1. The van der Waals surface area contributed by atoms with Crippen molar-refractivity contribution in [1.29, 1.82) is 0 Å². The molecule has 0 bridgehead atoms. The molecule has 10 heteroatoms. The Balaban J connectivity index is 1.74. The highest BCUT2D eigenvalue weighted by Crippen LogP contribution is 2.29. The first-order chi connectivity index (χ1) is 13.4. The highest BCUT2D eigenvalue weighted by Gasteiger charge is 2.28. The average molecular weight is 420 g/mol. The molecular formula is C18H18ClN5O3S. The first-order valence-corrected chi connectivity index (χ1v) is 9.26. The molecule has 28 heavy (non-hydrogen) atoms. The Labute approximate surface area is 171 Å². The van der Waals surface area contributed by atoms with Gasteiger partial charge in [-0.2, -0.15) is 5.10 Å². The molecule has 8 nitrogen and oxygen atoms in total. The van der Waals surface area contributed by atoms with Gasteiger partial charge in [0.25, 0.3) is 5.91 Å². The first-order valence-electron chi connectivity index (χ1n) is 8.47. The molecule has 0 saturated heterocycles. The number of rotatable bonds is 3. The Kier molecular flexibility index (Phi) is 5.96. The van der Waals surface area contributed by atoms with E-state index in [0.29, 0.717) is 34.8 Å². The van der Waals surface area contributed by atoms with E-state index in [1.807, 2.05) is 0 Å². The van der Waals surface area contributed by atoms with E-state index >= 15 is 0 Å². The Morgan fingerprint density at radius 2 is 1.86 bits per heavy atom. The number of carbonyl (C=O) groups excluding carboxylic acids is 2. The van der Waals surface area contributed by atoms with E-state index in [4.69, 9.17) is 34.0 Å². The predicted octanol–water partition coefficient (Wildman–Crippen LogP) is 2.19. The van der Waals surface area contributed by atoms with Gasteiger partial charge in [-0.15, -0.1) is 0 Å². The molecule has 1 aliphatic rings. The van der Waals surface area contributed by atoms with Crippen LogP contribution in [-0.4, -0.2) is 22.6 Å². The topological polar surface area (TPSA) is 122 Å².